The SMILES string of the molecule is C=C(C(C)C)[C@H](CN1CCC1)c1ccc(Cl)cc1. The zero-order chi connectivity index (χ0) is 13.1. The fraction of sp³-hybridized carbons (Fsp3) is 0.500. The van der Waals surface area contributed by atoms with Gasteiger partial charge < -0.3 is 4.90 Å². The summed E-state index contributed by atoms with van der Waals surface area (Å²) in [5, 5.41) is 0.802. The zero-order valence-electron chi connectivity index (χ0n) is 11.3. The van der Waals surface area contributed by atoms with Crippen LogP contribution in [0.15, 0.2) is 36.4 Å². The van der Waals surface area contributed by atoms with E-state index in [4.69, 9.17) is 11.6 Å². The summed E-state index contributed by atoms with van der Waals surface area (Å²) in [4.78, 5) is 2.51. The van der Waals surface area contributed by atoms with Crippen LogP contribution in [0.2, 0.25) is 5.02 Å². The van der Waals surface area contributed by atoms with E-state index < -0.39 is 0 Å². The van der Waals surface area contributed by atoms with Gasteiger partial charge in [0.25, 0.3) is 0 Å². The summed E-state index contributed by atoms with van der Waals surface area (Å²) in [6.45, 7) is 12.3. The van der Waals surface area contributed by atoms with Crippen LogP contribution >= 0.6 is 11.6 Å². The fourth-order valence-electron chi connectivity index (χ4n) is 2.36. The molecule has 1 aromatic carbocycles. The zero-order valence-corrected chi connectivity index (χ0v) is 12.1. The summed E-state index contributed by atoms with van der Waals surface area (Å²) < 4.78 is 0. The Hall–Kier alpha value is -0.790. The number of likely N-dealkylation sites (tertiary alicyclic amines) is 1. The maximum Gasteiger partial charge on any atom is 0.0406 e. The lowest BCUT2D eigenvalue weighted by Gasteiger charge is -2.35. The predicted octanol–water partition coefficient (Wildman–Crippen LogP) is 4.34. The first-order chi connectivity index (χ1) is 8.58. The summed E-state index contributed by atoms with van der Waals surface area (Å²) in [7, 11) is 0. The first kappa shape index (κ1) is 13.6. The van der Waals surface area contributed by atoms with E-state index in [1.165, 1.54) is 30.6 Å². The molecular formula is C16H22ClN. The molecule has 1 aromatic rings. The molecule has 1 saturated heterocycles. The molecule has 0 N–H and O–H groups in total. The van der Waals surface area contributed by atoms with Crippen molar-refractivity contribution < 1.29 is 0 Å². The molecule has 1 aliphatic rings. The topological polar surface area (TPSA) is 3.24 Å². The third-order valence-corrected chi connectivity index (χ3v) is 4.10. The molecule has 1 atom stereocenters. The first-order valence-corrected chi connectivity index (χ1v) is 7.12. The number of hydrogen-bond donors (Lipinski definition) is 0. The molecule has 0 aromatic heterocycles. The first-order valence-electron chi connectivity index (χ1n) is 6.74. The normalized spacial score (nSPS) is 17.6. The lowest BCUT2D eigenvalue weighted by molar-refractivity contribution is 0.174. The smallest absolute Gasteiger partial charge is 0.0406 e. The molecule has 2 rings (SSSR count). The van der Waals surface area contributed by atoms with Crippen LogP contribution in [0, 0.1) is 5.92 Å². The molecule has 0 radical (unpaired) electrons. The Morgan fingerprint density at radius 2 is 1.89 bits per heavy atom. The van der Waals surface area contributed by atoms with Crippen LogP contribution < -0.4 is 0 Å². The van der Waals surface area contributed by atoms with Crippen LogP contribution in [0.3, 0.4) is 0 Å². The maximum absolute atomic E-state index is 5.97. The van der Waals surface area contributed by atoms with Gasteiger partial charge in [-0.1, -0.05) is 49.7 Å². The van der Waals surface area contributed by atoms with Crippen LogP contribution in [0.5, 0.6) is 0 Å². The average molecular weight is 264 g/mol. The number of nitrogens with zero attached hydrogens (tertiary/aromatic N) is 1. The number of rotatable bonds is 5. The molecule has 0 unspecified atom stereocenters. The Morgan fingerprint density at radius 1 is 1.28 bits per heavy atom. The van der Waals surface area contributed by atoms with Crippen LogP contribution in [0.1, 0.15) is 31.7 Å². The lowest BCUT2D eigenvalue weighted by atomic mass is 9.85. The Kier molecular flexibility index (Phi) is 4.47. The van der Waals surface area contributed by atoms with Gasteiger partial charge in [0.15, 0.2) is 0 Å². The van der Waals surface area contributed by atoms with Crippen LogP contribution in [-0.2, 0) is 0 Å². The van der Waals surface area contributed by atoms with E-state index in [-0.39, 0.29) is 0 Å². The van der Waals surface area contributed by atoms with E-state index in [0.717, 1.165) is 11.6 Å². The third kappa shape index (κ3) is 3.15. The quantitative estimate of drug-likeness (QED) is 0.715. The highest BCUT2D eigenvalue weighted by atomic mass is 35.5. The van der Waals surface area contributed by atoms with Crippen molar-refractivity contribution in [1.29, 1.82) is 0 Å². The summed E-state index contributed by atoms with van der Waals surface area (Å²) in [6.07, 6.45) is 1.33. The molecule has 1 nitrogen and oxygen atoms in total. The Balaban J connectivity index is 2.17. The summed E-state index contributed by atoms with van der Waals surface area (Å²) in [6, 6.07) is 8.24. The average Bonchev–Trinajstić information content (AvgIpc) is 2.29. The van der Waals surface area contributed by atoms with E-state index in [1.807, 2.05) is 12.1 Å². The molecule has 1 aliphatic heterocycles. The standard InChI is InChI=1S/C16H22ClN/c1-12(2)13(3)16(11-18-9-4-10-18)14-5-7-15(17)8-6-14/h5-8,12,16H,3-4,9-11H2,1-2H3/t16-/m0/s1. The number of hydrogen-bond acceptors (Lipinski definition) is 1. The van der Waals surface area contributed by atoms with Crippen molar-refractivity contribution in [3.05, 3.63) is 47.0 Å². The minimum atomic E-state index is 0.433. The fourth-order valence-corrected chi connectivity index (χ4v) is 2.48. The van der Waals surface area contributed by atoms with Crippen molar-refractivity contribution in [1.82, 2.24) is 4.90 Å². The molecule has 98 valence electrons. The molecule has 0 aliphatic carbocycles. The van der Waals surface area contributed by atoms with Gasteiger partial charge in [-0.15, -0.1) is 0 Å². The van der Waals surface area contributed by atoms with Gasteiger partial charge in [0.05, 0.1) is 0 Å². The second-order valence-corrected chi connectivity index (χ2v) is 5.92. The molecule has 1 fully saturated rings. The Bertz CT molecular complexity index is 404. The van der Waals surface area contributed by atoms with Gasteiger partial charge in [-0.2, -0.15) is 0 Å². The second kappa shape index (κ2) is 5.90. The second-order valence-electron chi connectivity index (χ2n) is 5.49. The van der Waals surface area contributed by atoms with E-state index in [2.05, 4.69) is 37.5 Å². The van der Waals surface area contributed by atoms with Crippen LogP contribution in [0.4, 0.5) is 0 Å². The van der Waals surface area contributed by atoms with Crippen molar-refractivity contribution in [2.45, 2.75) is 26.2 Å². The molecule has 18 heavy (non-hydrogen) atoms. The van der Waals surface area contributed by atoms with E-state index in [0.29, 0.717) is 11.8 Å². The lowest BCUT2D eigenvalue weighted by Crippen LogP contribution is -2.40. The summed E-state index contributed by atoms with van der Waals surface area (Å²) in [5.41, 5.74) is 2.66. The van der Waals surface area contributed by atoms with E-state index in [1.54, 1.807) is 0 Å². The number of halogens is 1. The van der Waals surface area contributed by atoms with Gasteiger partial charge >= 0.3 is 0 Å². The Labute approximate surface area is 115 Å². The van der Waals surface area contributed by atoms with Gasteiger partial charge in [-0.05, 0) is 43.1 Å². The molecular weight excluding hydrogens is 242 g/mol. The van der Waals surface area contributed by atoms with Crippen molar-refractivity contribution >= 4 is 11.6 Å². The predicted molar refractivity (Wildman–Crippen MR) is 79.2 cm³/mol. The largest absolute Gasteiger partial charge is 0.302 e. The van der Waals surface area contributed by atoms with Crippen LogP contribution in [-0.4, -0.2) is 24.5 Å². The number of benzene rings is 1. The molecule has 0 amide bonds. The molecule has 0 spiro atoms. The molecule has 0 saturated carbocycles. The summed E-state index contributed by atoms with van der Waals surface area (Å²) >= 11 is 5.97. The van der Waals surface area contributed by atoms with Gasteiger partial charge in [0, 0.05) is 17.5 Å². The van der Waals surface area contributed by atoms with Gasteiger partial charge in [0.1, 0.15) is 0 Å². The van der Waals surface area contributed by atoms with E-state index in [9.17, 15) is 0 Å². The highest BCUT2D eigenvalue weighted by Crippen LogP contribution is 2.31. The maximum atomic E-state index is 5.97. The van der Waals surface area contributed by atoms with Crippen molar-refractivity contribution in [3.63, 3.8) is 0 Å². The monoisotopic (exact) mass is 263 g/mol. The van der Waals surface area contributed by atoms with Crippen molar-refractivity contribution in [3.8, 4) is 0 Å². The van der Waals surface area contributed by atoms with Gasteiger partial charge in [-0.25, -0.2) is 0 Å². The molecule has 0 bridgehead atoms. The Morgan fingerprint density at radius 3 is 2.33 bits per heavy atom. The highest BCUT2D eigenvalue weighted by molar-refractivity contribution is 6.30. The summed E-state index contributed by atoms with van der Waals surface area (Å²) in [5.74, 6) is 0.953. The minimum absolute atomic E-state index is 0.433. The molecule has 2 heteroatoms. The van der Waals surface area contributed by atoms with Crippen molar-refractivity contribution in [2.75, 3.05) is 19.6 Å². The van der Waals surface area contributed by atoms with Crippen molar-refractivity contribution in [2.24, 2.45) is 5.92 Å². The third-order valence-electron chi connectivity index (χ3n) is 3.85. The minimum Gasteiger partial charge on any atom is -0.302 e. The van der Waals surface area contributed by atoms with E-state index >= 15 is 0 Å². The molecule has 1 heterocycles. The van der Waals surface area contributed by atoms with Crippen LogP contribution in [0.25, 0.3) is 0 Å². The van der Waals surface area contributed by atoms with Gasteiger partial charge in [-0.3, -0.25) is 0 Å². The van der Waals surface area contributed by atoms with Gasteiger partial charge in [0.2, 0.25) is 0 Å². The highest BCUT2D eigenvalue weighted by Gasteiger charge is 2.23.